The van der Waals surface area contributed by atoms with Gasteiger partial charge in [0.1, 0.15) is 6.54 Å². The third-order valence-electron chi connectivity index (χ3n) is 3.68. The molecule has 0 fully saturated rings. The molecule has 23 heavy (non-hydrogen) atoms. The molecule has 0 unspecified atom stereocenters. The molecule has 2 aromatic rings. The summed E-state index contributed by atoms with van der Waals surface area (Å²) >= 11 is 0. The van der Waals surface area contributed by atoms with Crippen molar-refractivity contribution in [3.63, 3.8) is 0 Å². The predicted molar refractivity (Wildman–Crippen MR) is 77.1 cm³/mol. The van der Waals surface area contributed by atoms with E-state index in [-0.39, 0.29) is 19.0 Å². The second-order valence-corrected chi connectivity index (χ2v) is 5.21. The number of hydrogen-bond donors (Lipinski definition) is 0. The zero-order valence-corrected chi connectivity index (χ0v) is 12.6. The second kappa shape index (κ2) is 5.59. The number of carbonyl (C=O) groups excluding carboxylic acids is 3. The maximum absolute atomic E-state index is 12.3. The molecule has 3 amide bonds. The third-order valence-corrected chi connectivity index (χ3v) is 3.68. The number of carbonyl (C=O) groups is 3. The van der Waals surface area contributed by atoms with Crippen molar-refractivity contribution in [3.8, 4) is 0 Å². The first-order valence-corrected chi connectivity index (χ1v) is 6.89. The lowest BCUT2D eigenvalue weighted by Crippen LogP contribution is -2.41. The Morgan fingerprint density at radius 2 is 1.78 bits per heavy atom. The van der Waals surface area contributed by atoms with Crippen LogP contribution >= 0.6 is 0 Å². The van der Waals surface area contributed by atoms with Gasteiger partial charge in [-0.25, -0.2) is 4.68 Å². The first kappa shape index (κ1) is 14.8. The maximum atomic E-state index is 12.3. The van der Waals surface area contributed by atoms with Crippen molar-refractivity contribution in [3.05, 3.63) is 41.2 Å². The van der Waals surface area contributed by atoms with Gasteiger partial charge < -0.3 is 4.90 Å². The molecule has 3 rings (SSSR count). The number of nitrogens with zero attached hydrogens (tertiary/aromatic N) is 6. The van der Waals surface area contributed by atoms with E-state index in [9.17, 15) is 14.4 Å². The van der Waals surface area contributed by atoms with Crippen LogP contribution < -0.4 is 0 Å². The quantitative estimate of drug-likeness (QED) is 0.703. The molecular formula is C14H14N6O3. The Kier molecular flexibility index (Phi) is 3.61. The van der Waals surface area contributed by atoms with Gasteiger partial charge in [0, 0.05) is 14.1 Å². The minimum atomic E-state index is -0.451. The van der Waals surface area contributed by atoms with Crippen molar-refractivity contribution in [1.29, 1.82) is 0 Å². The average molecular weight is 314 g/mol. The predicted octanol–water partition coefficient (Wildman–Crippen LogP) is -0.535. The highest BCUT2D eigenvalue weighted by Gasteiger charge is 2.36. The fraction of sp³-hybridized carbons (Fsp3) is 0.286. The van der Waals surface area contributed by atoms with E-state index in [1.54, 1.807) is 38.4 Å². The Bertz CT molecular complexity index is 764. The van der Waals surface area contributed by atoms with Crippen LogP contribution in [0.15, 0.2) is 24.3 Å². The normalized spacial score (nSPS) is 13.4. The zero-order valence-electron chi connectivity index (χ0n) is 12.6. The third kappa shape index (κ3) is 2.56. The first-order valence-electron chi connectivity index (χ1n) is 6.89. The number of tetrazole rings is 1. The highest BCUT2D eigenvalue weighted by Crippen LogP contribution is 2.22. The van der Waals surface area contributed by atoms with Gasteiger partial charge in [0.15, 0.2) is 5.82 Å². The molecule has 0 radical (unpaired) electrons. The van der Waals surface area contributed by atoms with Gasteiger partial charge in [-0.1, -0.05) is 12.1 Å². The van der Waals surface area contributed by atoms with Crippen LogP contribution in [-0.4, -0.2) is 61.3 Å². The Labute approximate surface area is 131 Å². The summed E-state index contributed by atoms with van der Waals surface area (Å²) in [5.74, 6) is -0.772. The van der Waals surface area contributed by atoms with Crippen molar-refractivity contribution < 1.29 is 14.4 Å². The minimum absolute atomic E-state index is 0.186. The number of benzene rings is 1. The van der Waals surface area contributed by atoms with Crippen molar-refractivity contribution in [2.45, 2.75) is 6.54 Å². The summed E-state index contributed by atoms with van der Waals surface area (Å²) in [5, 5.41) is 11.0. The molecule has 9 nitrogen and oxygen atoms in total. The van der Waals surface area contributed by atoms with Gasteiger partial charge in [-0.05, 0) is 22.6 Å². The zero-order chi connectivity index (χ0) is 16.6. The molecule has 1 aliphatic heterocycles. The summed E-state index contributed by atoms with van der Waals surface area (Å²) in [4.78, 5) is 39.1. The fourth-order valence-electron chi connectivity index (χ4n) is 2.32. The molecule has 0 N–H and O–H groups in total. The number of rotatable bonds is 4. The van der Waals surface area contributed by atoms with Crippen LogP contribution in [0.5, 0.6) is 0 Å². The van der Waals surface area contributed by atoms with E-state index in [2.05, 4.69) is 15.5 Å². The molecule has 0 atom stereocenters. The van der Waals surface area contributed by atoms with Gasteiger partial charge in [-0.2, -0.15) is 0 Å². The monoisotopic (exact) mass is 314 g/mol. The van der Waals surface area contributed by atoms with Crippen LogP contribution in [0.4, 0.5) is 0 Å². The Hall–Kier alpha value is -3.10. The van der Waals surface area contributed by atoms with Crippen LogP contribution in [0.2, 0.25) is 0 Å². The van der Waals surface area contributed by atoms with Crippen LogP contribution in [0, 0.1) is 0 Å². The van der Waals surface area contributed by atoms with E-state index in [0.29, 0.717) is 17.0 Å². The van der Waals surface area contributed by atoms with Crippen LogP contribution in [0.3, 0.4) is 0 Å². The smallest absolute Gasteiger partial charge is 0.262 e. The van der Waals surface area contributed by atoms with Gasteiger partial charge in [-0.3, -0.25) is 19.3 Å². The van der Waals surface area contributed by atoms with E-state index in [4.69, 9.17) is 0 Å². The van der Waals surface area contributed by atoms with Gasteiger partial charge in [0.05, 0.1) is 17.7 Å². The summed E-state index contributed by atoms with van der Waals surface area (Å²) in [5.41, 5.74) is 0.649. The second-order valence-electron chi connectivity index (χ2n) is 5.21. The fourth-order valence-corrected chi connectivity index (χ4v) is 2.32. The number of imide groups is 1. The molecule has 0 spiro atoms. The standard InChI is InChI=1S/C14H14N6O3/c1-18(7-11-15-16-17-19(11)2)12(21)8-20-13(22)9-5-3-4-6-10(9)14(20)23/h3-6H,7-8H2,1-2H3. The Morgan fingerprint density at radius 3 is 2.30 bits per heavy atom. The van der Waals surface area contributed by atoms with Crippen LogP contribution in [0.1, 0.15) is 26.5 Å². The van der Waals surface area contributed by atoms with Gasteiger partial charge in [0.2, 0.25) is 5.91 Å². The molecule has 118 valence electrons. The SMILES string of the molecule is CN(Cc1nnnn1C)C(=O)CN1C(=O)c2ccccc2C1=O. The minimum Gasteiger partial charge on any atom is -0.337 e. The molecule has 1 aliphatic rings. The molecular weight excluding hydrogens is 300 g/mol. The molecule has 2 heterocycles. The highest BCUT2D eigenvalue weighted by molar-refractivity contribution is 6.22. The van der Waals surface area contributed by atoms with Gasteiger partial charge in [-0.15, -0.1) is 5.10 Å². The summed E-state index contributed by atoms with van der Waals surface area (Å²) < 4.78 is 1.45. The molecule has 0 saturated carbocycles. The lowest BCUT2D eigenvalue weighted by molar-refractivity contribution is -0.130. The summed E-state index contributed by atoms with van der Waals surface area (Å²) in [7, 11) is 3.23. The van der Waals surface area contributed by atoms with E-state index >= 15 is 0 Å². The number of aromatic nitrogens is 4. The molecule has 9 heteroatoms. The largest absolute Gasteiger partial charge is 0.337 e. The average Bonchev–Trinajstić information content (AvgIpc) is 3.05. The van der Waals surface area contributed by atoms with E-state index in [1.165, 1.54) is 9.58 Å². The number of likely N-dealkylation sites (N-methyl/N-ethyl adjacent to an activating group) is 1. The summed E-state index contributed by atoms with van der Waals surface area (Å²) in [6.07, 6.45) is 0. The topological polar surface area (TPSA) is 101 Å². The maximum Gasteiger partial charge on any atom is 0.262 e. The van der Waals surface area contributed by atoms with Crippen LogP contribution in [-0.2, 0) is 18.4 Å². The molecule has 0 aliphatic carbocycles. The highest BCUT2D eigenvalue weighted by atomic mass is 16.2. The summed E-state index contributed by atoms with van der Waals surface area (Å²) in [6.45, 7) is -0.125. The van der Waals surface area contributed by atoms with Gasteiger partial charge >= 0.3 is 0 Å². The summed E-state index contributed by atoms with van der Waals surface area (Å²) in [6, 6.07) is 6.52. The van der Waals surface area contributed by atoms with Crippen molar-refractivity contribution in [1.82, 2.24) is 30.0 Å². The van der Waals surface area contributed by atoms with E-state index in [0.717, 1.165) is 4.90 Å². The molecule has 0 bridgehead atoms. The van der Waals surface area contributed by atoms with Crippen LogP contribution in [0.25, 0.3) is 0 Å². The lowest BCUT2D eigenvalue weighted by Gasteiger charge is -2.19. The first-order chi connectivity index (χ1) is 11.0. The van der Waals surface area contributed by atoms with E-state index < -0.39 is 11.8 Å². The van der Waals surface area contributed by atoms with Crippen molar-refractivity contribution in [2.75, 3.05) is 13.6 Å². The molecule has 0 saturated heterocycles. The van der Waals surface area contributed by atoms with Gasteiger partial charge in [0.25, 0.3) is 11.8 Å². The Balaban J connectivity index is 1.70. The van der Waals surface area contributed by atoms with E-state index in [1.807, 2.05) is 0 Å². The lowest BCUT2D eigenvalue weighted by atomic mass is 10.1. The molecule has 1 aromatic heterocycles. The number of amides is 3. The van der Waals surface area contributed by atoms with Crippen molar-refractivity contribution >= 4 is 17.7 Å². The number of aryl methyl sites for hydroxylation is 1. The van der Waals surface area contributed by atoms with Crippen molar-refractivity contribution in [2.24, 2.45) is 7.05 Å². The Morgan fingerprint density at radius 1 is 1.17 bits per heavy atom. The molecule has 1 aromatic carbocycles. The number of hydrogen-bond acceptors (Lipinski definition) is 6. The number of fused-ring (bicyclic) bond motifs is 1.